The molecule has 0 spiro atoms. The lowest BCUT2D eigenvalue weighted by Gasteiger charge is -2.19. The summed E-state index contributed by atoms with van der Waals surface area (Å²) in [5, 5.41) is 11.4. The molecule has 0 unspecified atom stereocenters. The molecule has 0 atom stereocenters. The Morgan fingerprint density at radius 2 is 1.70 bits per heavy atom. The van der Waals surface area contributed by atoms with Crippen molar-refractivity contribution in [2.24, 2.45) is 0 Å². The number of carbonyl (C=O) groups is 2. The highest BCUT2D eigenvalue weighted by Crippen LogP contribution is 2.42. The Bertz CT molecular complexity index is 1160. The normalized spacial score (nSPS) is 12.8. The first-order valence-electron chi connectivity index (χ1n) is 11.0. The standard InChI is InChI=1S/C26H27N5O2/c1-4-16-30(17-5-2)26(33)20-10-12-21(13-11-20)27-25(32)23-24(19-8-9-19)31(29-28-23)22-14-6-18(3)7-15-22/h4-7,10-15,19H,1-2,8-9,16-17H2,3H3,(H,27,32). The van der Waals surface area contributed by atoms with E-state index in [1.165, 1.54) is 0 Å². The summed E-state index contributed by atoms with van der Waals surface area (Å²) in [7, 11) is 0. The average Bonchev–Trinajstić information content (AvgIpc) is 3.57. The van der Waals surface area contributed by atoms with Crippen LogP contribution in [0.2, 0.25) is 0 Å². The zero-order valence-electron chi connectivity index (χ0n) is 18.7. The van der Waals surface area contributed by atoms with Gasteiger partial charge in [-0.25, -0.2) is 4.68 Å². The number of nitrogens with one attached hydrogen (secondary N) is 1. The second-order valence-electron chi connectivity index (χ2n) is 8.16. The molecule has 7 nitrogen and oxygen atoms in total. The number of amides is 2. The second kappa shape index (κ2) is 9.65. The van der Waals surface area contributed by atoms with Crippen LogP contribution in [0.4, 0.5) is 5.69 Å². The Balaban J connectivity index is 1.52. The van der Waals surface area contributed by atoms with E-state index in [9.17, 15) is 9.59 Å². The SMILES string of the molecule is C=CCN(CC=C)C(=O)c1ccc(NC(=O)c2nnn(-c3ccc(C)cc3)c2C2CC2)cc1. The number of aryl methyl sites for hydroxylation is 1. The quantitative estimate of drug-likeness (QED) is 0.495. The first kappa shape index (κ1) is 22.2. The molecule has 1 saturated carbocycles. The van der Waals surface area contributed by atoms with E-state index in [0.717, 1.165) is 29.8 Å². The van der Waals surface area contributed by atoms with Crippen LogP contribution in [0.3, 0.4) is 0 Å². The van der Waals surface area contributed by atoms with Gasteiger partial charge in [0.15, 0.2) is 5.69 Å². The van der Waals surface area contributed by atoms with Crippen LogP contribution in [0.15, 0.2) is 73.8 Å². The minimum Gasteiger partial charge on any atom is -0.331 e. The van der Waals surface area contributed by atoms with E-state index in [4.69, 9.17) is 0 Å². The van der Waals surface area contributed by atoms with Gasteiger partial charge in [0.05, 0.1) is 11.4 Å². The van der Waals surface area contributed by atoms with E-state index in [-0.39, 0.29) is 17.7 Å². The lowest BCUT2D eigenvalue weighted by atomic mass is 10.1. The van der Waals surface area contributed by atoms with Gasteiger partial charge in [-0.05, 0) is 56.2 Å². The molecule has 3 aromatic rings. The molecule has 1 heterocycles. The van der Waals surface area contributed by atoms with Crippen molar-refractivity contribution in [2.75, 3.05) is 18.4 Å². The Morgan fingerprint density at radius 3 is 2.27 bits per heavy atom. The first-order chi connectivity index (χ1) is 16.0. The highest BCUT2D eigenvalue weighted by Gasteiger charge is 2.34. The van der Waals surface area contributed by atoms with Crippen LogP contribution in [0, 0.1) is 6.92 Å². The lowest BCUT2D eigenvalue weighted by Crippen LogP contribution is -2.31. The molecule has 0 aliphatic heterocycles. The molecule has 7 heteroatoms. The Hall–Kier alpha value is -4.00. The number of rotatable bonds is 9. The third-order valence-corrected chi connectivity index (χ3v) is 5.54. The maximum atomic E-state index is 13.0. The van der Waals surface area contributed by atoms with Gasteiger partial charge in [0.2, 0.25) is 0 Å². The maximum absolute atomic E-state index is 13.0. The number of nitrogens with zero attached hydrogens (tertiary/aromatic N) is 4. The van der Waals surface area contributed by atoms with Gasteiger partial charge >= 0.3 is 0 Å². The number of hydrogen-bond donors (Lipinski definition) is 1. The molecule has 1 aliphatic carbocycles. The molecule has 1 fully saturated rings. The molecular weight excluding hydrogens is 414 g/mol. The van der Waals surface area contributed by atoms with E-state index < -0.39 is 0 Å². The zero-order chi connectivity index (χ0) is 23.4. The van der Waals surface area contributed by atoms with Crippen molar-refractivity contribution < 1.29 is 9.59 Å². The predicted molar refractivity (Wildman–Crippen MR) is 129 cm³/mol. The van der Waals surface area contributed by atoms with Crippen molar-refractivity contribution in [3.8, 4) is 5.69 Å². The van der Waals surface area contributed by atoms with Crippen molar-refractivity contribution in [3.05, 3.63) is 96.4 Å². The van der Waals surface area contributed by atoms with Crippen molar-refractivity contribution in [1.82, 2.24) is 19.9 Å². The molecule has 168 valence electrons. The lowest BCUT2D eigenvalue weighted by molar-refractivity contribution is 0.0790. The molecule has 0 saturated heterocycles. The van der Waals surface area contributed by atoms with Crippen LogP contribution in [0.5, 0.6) is 0 Å². The number of anilines is 1. The van der Waals surface area contributed by atoms with Gasteiger partial charge in [0, 0.05) is 30.3 Å². The molecule has 4 rings (SSSR count). The third-order valence-electron chi connectivity index (χ3n) is 5.54. The second-order valence-corrected chi connectivity index (χ2v) is 8.16. The number of aromatic nitrogens is 3. The minimum atomic E-state index is -0.311. The Kier molecular flexibility index (Phi) is 6.49. The van der Waals surface area contributed by atoms with Gasteiger partial charge in [-0.3, -0.25) is 9.59 Å². The summed E-state index contributed by atoms with van der Waals surface area (Å²) in [5.41, 5.74) is 4.33. The molecule has 1 aliphatic rings. The maximum Gasteiger partial charge on any atom is 0.278 e. The fraction of sp³-hybridized carbons (Fsp3) is 0.231. The molecule has 33 heavy (non-hydrogen) atoms. The summed E-state index contributed by atoms with van der Waals surface area (Å²) in [6.07, 6.45) is 5.39. The minimum absolute atomic E-state index is 0.121. The molecule has 2 amide bonds. The number of benzene rings is 2. The van der Waals surface area contributed by atoms with Gasteiger partial charge in [0.25, 0.3) is 11.8 Å². The molecule has 1 N–H and O–H groups in total. The Morgan fingerprint density at radius 1 is 1.06 bits per heavy atom. The summed E-state index contributed by atoms with van der Waals surface area (Å²) in [6, 6.07) is 14.8. The fourth-order valence-electron chi connectivity index (χ4n) is 3.67. The molecule has 1 aromatic heterocycles. The van der Waals surface area contributed by atoms with Crippen molar-refractivity contribution in [1.29, 1.82) is 0 Å². The van der Waals surface area contributed by atoms with Crippen LogP contribution in [-0.4, -0.2) is 44.8 Å². The monoisotopic (exact) mass is 441 g/mol. The van der Waals surface area contributed by atoms with Gasteiger partial charge in [-0.2, -0.15) is 0 Å². The van der Waals surface area contributed by atoms with E-state index in [1.807, 2.05) is 31.2 Å². The van der Waals surface area contributed by atoms with Gasteiger partial charge in [0.1, 0.15) is 0 Å². The van der Waals surface area contributed by atoms with E-state index >= 15 is 0 Å². The topological polar surface area (TPSA) is 80.1 Å². The van der Waals surface area contributed by atoms with Crippen LogP contribution < -0.4 is 5.32 Å². The summed E-state index contributed by atoms with van der Waals surface area (Å²) in [4.78, 5) is 27.4. The summed E-state index contributed by atoms with van der Waals surface area (Å²) < 4.78 is 1.77. The number of hydrogen-bond acceptors (Lipinski definition) is 4. The highest BCUT2D eigenvalue weighted by atomic mass is 16.2. The average molecular weight is 442 g/mol. The fourth-order valence-corrected chi connectivity index (χ4v) is 3.67. The number of carbonyl (C=O) groups excluding carboxylic acids is 2. The molecule has 2 aromatic carbocycles. The van der Waals surface area contributed by atoms with Crippen molar-refractivity contribution in [2.45, 2.75) is 25.7 Å². The predicted octanol–water partition coefficient (Wildman–Crippen LogP) is 4.52. The van der Waals surface area contributed by atoms with E-state index in [0.29, 0.717) is 30.0 Å². The smallest absolute Gasteiger partial charge is 0.278 e. The summed E-state index contributed by atoms with van der Waals surface area (Å²) in [6.45, 7) is 10.3. The van der Waals surface area contributed by atoms with E-state index in [1.54, 1.807) is 46.0 Å². The molecule has 0 radical (unpaired) electrons. The van der Waals surface area contributed by atoms with Crippen LogP contribution >= 0.6 is 0 Å². The Labute approximate surface area is 193 Å². The van der Waals surface area contributed by atoms with Gasteiger partial charge in [-0.15, -0.1) is 18.3 Å². The van der Waals surface area contributed by atoms with Crippen LogP contribution in [0.1, 0.15) is 50.9 Å². The highest BCUT2D eigenvalue weighted by molar-refractivity contribution is 6.04. The third kappa shape index (κ3) is 4.92. The largest absolute Gasteiger partial charge is 0.331 e. The molecule has 0 bridgehead atoms. The zero-order valence-corrected chi connectivity index (χ0v) is 18.7. The van der Waals surface area contributed by atoms with E-state index in [2.05, 4.69) is 28.8 Å². The molecular formula is C26H27N5O2. The first-order valence-corrected chi connectivity index (χ1v) is 11.0. The van der Waals surface area contributed by atoms with Gasteiger partial charge in [-0.1, -0.05) is 35.1 Å². The summed E-state index contributed by atoms with van der Waals surface area (Å²) in [5.74, 6) is -0.151. The van der Waals surface area contributed by atoms with Crippen LogP contribution in [-0.2, 0) is 0 Å². The van der Waals surface area contributed by atoms with Gasteiger partial charge < -0.3 is 10.2 Å². The summed E-state index contributed by atoms with van der Waals surface area (Å²) >= 11 is 0. The van der Waals surface area contributed by atoms with Crippen LogP contribution in [0.25, 0.3) is 5.69 Å². The van der Waals surface area contributed by atoms with Crippen molar-refractivity contribution in [3.63, 3.8) is 0 Å². The van der Waals surface area contributed by atoms with Crippen molar-refractivity contribution >= 4 is 17.5 Å².